The average molecular weight is 395 g/mol. The van der Waals surface area contributed by atoms with Crippen molar-refractivity contribution in [3.8, 4) is 11.5 Å². The van der Waals surface area contributed by atoms with Crippen LogP contribution in [0.25, 0.3) is 10.9 Å². The second-order valence-corrected chi connectivity index (χ2v) is 6.08. The molecule has 0 atom stereocenters. The summed E-state index contributed by atoms with van der Waals surface area (Å²) in [5, 5.41) is 3.14. The first kappa shape index (κ1) is 20.9. The summed E-state index contributed by atoms with van der Waals surface area (Å²) < 4.78 is 17.7. The smallest absolute Gasteiger partial charge is 0.262 e. The van der Waals surface area contributed by atoms with Gasteiger partial charge < -0.3 is 24.5 Å². The molecule has 1 aromatic heterocycles. The van der Waals surface area contributed by atoms with E-state index >= 15 is 0 Å². The summed E-state index contributed by atoms with van der Waals surface area (Å²) in [6, 6.07) is 3.36. The number of carbonyl (C=O) groups is 1. The van der Waals surface area contributed by atoms with Gasteiger partial charge in [-0.15, -0.1) is 0 Å². The molecule has 2 rings (SSSR count). The van der Waals surface area contributed by atoms with Crippen LogP contribution in [0, 0.1) is 4.77 Å². The van der Waals surface area contributed by atoms with Gasteiger partial charge in [-0.25, -0.2) is 0 Å². The zero-order valence-electron chi connectivity index (χ0n) is 15.8. The van der Waals surface area contributed by atoms with E-state index in [1.54, 1.807) is 19.2 Å². The Labute approximate surface area is 162 Å². The van der Waals surface area contributed by atoms with Crippen molar-refractivity contribution in [1.82, 2.24) is 14.9 Å². The number of aromatic nitrogens is 2. The maximum Gasteiger partial charge on any atom is 0.262 e. The summed E-state index contributed by atoms with van der Waals surface area (Å²) in [5.41, 5.74) is 0.292. The van der Waals surface area contributed by atoms with Crippen LogP contribution in [-0.4, -0.2) is 48.9 Å². The molecule has 9 heteroatoms. The van der Waals surface area contributed by atoms with Crippen molar-refractivity contribution in [2.75, 3.05) is 33.5 Å². The summed E-state index contributed by atoms with van der Waals surface area (Å²) in [4.78, 5) is 27.8. The van der Waals surface area contributed by atoms with Crippen molar-refractivity contribution >= 4 is 29.0 Å². The minimum atomic E-state index is -0.276. The molecule has 2 aromatic rings. The van der Waals surface area contributed by atoms with Crippen molar-refractivity contribution in [2.45, 2.75) is 26.8 Å². The van der Waals surface area contributed by atoms with Gasteiger partial charge in [-0.2, -0.15) is 0 Å². The molecule has 27 heavy (non-hydrogen) atoms. The number of rotatable bonds is 10. The number of nitrogens with zero attached hydrogens (tertiary/aromatic N) is 1. The number of amides is 1. The highest BCUT2D eigenvalue weighted by Crippen LogP contribution is 2.30. The first-order chi connectivity index (χ1) is 13.0. The van der Waals surface area contributed by atoms with E-state index in [2.05, 4.69) is 10.3 Å². The van der Waals surface area contributed by atoms with E-state index < -0.39 is 0 Å². The Balaban J connectivity index is 2.33. The van der Waals surface area contributed by atoms with Gasteiger partial charge in [0.05, 0.1) is 30.7 Å². The highest BCUT2D eigenvalue weighted by atomic mass is 32.1. The number of benzene rings is 1. The van der Waals surface area contributed by atoms with Crippen LogP contribution in [0.4, 0.5) is 0 Å². The Bertz CT molecular complexity index is 906. The molecule has 148 valence electrons. The van der Waals surface area contributed by atoms with Crippen LogP contribution in [0.5, 0.6) is 11.5 Å². The van der Waals surface area contributed by atoms with Crippen molar-refractivity contribution in [3.05, 3.63) is 27.3 Å². The van der Waals surface area contributed by atoms with Gasteiger partial charge in [0.15, 0.2) is 16.3 Å². The third kappa shape index (κ3) is 5.30. The first-order valence-corrected chi connectivity index (χ1v) is 9.24. The fourth-order valence-corrected chi connectivity index (χ4v) is 2.88. The molecule has 0 aliphatic rings. The van der Waals surface area contributed by atoms with E-state index in [9.17, 15) is 9.59 Å². The summed E-state index contributed by atoms with van der Waals surface area (Å²) in [6.45, 7) is 5.69. The topological polar surface area (TPSA) is 94.6 Å². The Morgan fingerprint density at radius 3 is 2.52 bits per heavy atom. The van der Waals surface area contributed by atoms with Gasteiger partial charge in [0.1, 0.15) is 0 Å². The molecule has 1 aromatic carbocycles. The molecule has 1 heterocycles. The van der Waals surface area contributed by atoms with Gasteiger partial charge in [-0.05, 0) is 32.1 Å². The van der Waals surface area contributed by atoms with Crippen LogP contribution in [0.2, 0.25) is 0 Å². The van der Waals surface area contributed by atoms with Crippen molar-refractivity contribution in [2.24, 2.45) is 0 Å². The molecule has 0 saturated carbocycles. The number of carbonyl (C=O) groups excluding carboxylic acids is 1. The summed E-state index contributed by atoms with van der Waals surface area (Å²) in [6.07, 6.45) is 0.141. The molecule has 0 fully saturated rings. The van der Waals surface area contributed by atoms with Crippen molar-refractivity contribution in [3.63, 3.8) is 0 Å². The standard InChI is InChI=1S/C18H25N3O5S/c1-4-25-14-10-12-13(11-15(14)26-5-2)20-18(27)21(17(12)23)8-6-16(22)19-7-9-24-3/h10-11H,4-9H2,1-3H3,(H,19,22)(H,20,27). The minimum absolute atomic E-state index is 0.141. The molecule has 0 unspecified atom stereocenters. The lowest BCUT2D eigenvalue weighted by atomic mass is 10.2. The first-order valence-electron chi connectivity index (χ1n) is 8.83. The number of nitrogens with one attached hydrogen (secondary N) is 2. The van der Waals surface area contributed by atoms with Crippen molar-refractivity contribution < 1.29 is 19.0 Å². The van der Waals surface area contributed by atoms with Gasteiger partial charge in [0.25, 0.3) is 5.56 Å². The predicted molar refractivity (Wildman–Crippen MR) is 105 cm³/mol. The van der Waals surface area contributed by atoms with Crippen LogP contribution < -0.4 is 20.3 Å². The number of H-pyrrole nitrogens is 1. The number of fused-ring (bicyclic) bond motifs is 1. The quantitative estimate of drug-likeness (QED) is 0.472. The molecular weight excluding hydrogens is 370 g/mol. The van der Waals surface area contributed by atoms with Crippen LogP contribution in [0.1, 0.15) is 20.3 Å². The normalized spacial score (nSPS) is 10.8. The molecule has 0 bridgehead atoms. The Morgan fingerprint density at radius 1 is 1.22 bits per heavy atom. The number of hydrogen-bond acceptors (Lipinski definition) is 6. The third-order valence-electron chi connectivity index (χ3n) is 3.84. The van der Waals surface area contributed by atoms with Crippen LogP contribution in [-0.2, 0) is 16.1 Å². The molecule has 2 N–H and O–H groups in total. The highest BCUT2D eigenvalue weighted by Gasteiger charge is 2.13. The van der Waals surface area contributed by atoms with Gasteiger partial charge >= 0.3 is 0 Å². The molecule has 0 spiro atoms. The minimum Gasteiger partial charge on any atom is -0.490 e. The highest BCUT2D eigenvalue weighted by molar-refractivity contribution is 7.71. The maximum atomic E-state index is 12.9. The zero-order chi connectivity index (χ0) is 19.8. The van der Waals surface area contributed by atoms with E-state index in [1.807, 2.05) is 13.8 Å². The molecule has 0 aliphatic heterocycles. The lowest BCUT2D eigenvalue weighted by Gasteiger charge is -2.13. The Kier molecular flexibility index (Phi) is 7.81. The Morgan fingerprint density at radius 2 is 1.89 bits per heavy atom. The second kappa shape index (κ2) is 10.1. The van der Waals surface area contributed by atoms with E-state index in [1.165, 1.54) is 4.57 Å². The van der Waals surface area contributed by atoms with Gasteiger partial charge in [-0.1, -0.05) is 0 Å². The largest absolute Gasteiger partial charge is 0.490 e. The maximum absolute atomic E-state index is 12.9. The van der Waals surface area contributed by atoms with Gasteiger partial charge in [-0.3, -0.25) is 14.2 Å². The SMILES string of the molecule is CCOc1cc2[nH]c(=S)n(CCC(=O)NCCOC)c(=O)c2cc1OCC. The summed E-state index contributed by atoms with van der Waals surface area (Å²) in [5.74, 6) is 0.876. The molecular formula is C18H25N3O5S. The number of aromatic amines is 1. The van der Waals surface area contributed by atoms with Crippen LogP contribution in [0.15, 0.2) is 16.9 Å². The molecule has 1 amide bonds. The van der Waals surface area contributed by atoms with Crippen LogP contribution in [0.3, 0.4) is 0 Å². The monoisotopic (exact) mass is 395 g/mol. The number of hydrogen-bond donors (Lipinski definition) is 2. The Hall–Kier alpha value is -2.39. The predicted octanol–water partition coefficient (Wildman–Crippen LogP) is 2.01. The zero-order valence-corrected chi connectivity index (χ0v) is 16.6. The van der Waals surface area contributed by atoms with Crippen LogP contribution >= 0.6 is 12.2 Å². The van der Waals surface area contributed by atoms with E-state index in [4.69, 9.17) is 26.4 Å². The fourth-order valence-electron chi connectivity index (χ4n) is 2.59. The van der Waals surface area contributed by atoms with E-state index in [0.717, 1.165) is 0 Å². The number of methoxy groups -OCH3 is 1. The van der Waals surface area contributed by atoms with Gasteiger partial charge in [0, 0.05) is 32.7 Å². The molecule has 0 aliphatic carbocycles. The number of ether oxygens (including phenoxy) is 3. The fraction of sp³-hybridized carbons (Fsp3) is 0.500. The molecule has 0 radical (unpaired) electrons. The molecule has 8 nitrogen and oxygen atoms in total. The lowest BCUT2D eigenvalue weighted by Crippen LogP contribution is -2.30. The van der Waals surface area contributed by atoms with E-state index in [-0.39, 0.29) is 29.2 Å². The average Bonchev–Trinajstić information content (AvgIpc) is 2.63. The third-order valence-corrected chi connectivity index (χ3v) is 4.16. The van der Waals surface area contributed by atoms with Crippen molar-refractivity contribution in [1.29, 1.82) is 0 Å². The summed E-state index contributed by atoms with van der Waals surface area (Å²) >= 11 is 5.30. The van der Waals surface area contributed by atoms with E-state index in [0.29, 0.717) is 48.8 Å². The molecule has 0 saturated heterocycles. The van der Waals surface area contributed by atoms with Gasteiger partial charge in [0.2, 0.25) is 5.91 Å². The lowest BCUT2D eigenvalue weighted by molar-refractivity contribution is -0.121. The second-order valence-electron chi connectivity index (χ2n) is 5.69. The summed E-state index contributed by atoms with van der Waals surface area (Å²) in [7, 11) is 1.56.